The standard InChI is InChI=1S/C14H26N4O2/c1-4-20-10-6-8-16-14(19)15-7-5-9-18-13(3)11-12(2)17-18/h11H,4-10H2,1-3H3,(H2,15,16,19). The third kappa shape index (κ3) is 6.56. The van der Waals surface area contributed by atoms with Crippen molar-refractivity contribution in [2.24, 2.45) is 0 Å². The molecule has 0 aliphatic carbocycles. The highest BCUT2D eigenvalue weighted by atomic mass is 16.5. The first-order chi connectivity index (χ1) is 9.63. The van der Waals surface area contributed by atoms with E-state index in [2.05, 4.69) is 21.8 Å². The van der Waals surface area contributed by atoms with Crippen LogP contribution in [0, 0.1) is 13.8 Å². The first-order valence-corrected chi connectivity index (χ1v) is 7.24. The van der Waals surface area contributed by atoms with Gasteiger partial charge in [-0.3, -0.25) is 4.68 Å². The zero-order valence-corrected chi connectivity index (χ0v) is 12.7. The van der Waals surface area contributed by atoms with Gasteiger partial charge in [0.05, 0.1) is 5.69 Å². The van der Waals surface area contributed by atoms with Crippen molar-refractivity contribution in [1.82, 2.24) is 20.4 Å². The van der Waals surface area contributed by atoms with Gasteiger partial charge in [-0.2, -0.15) is 5.10 Å². The lowest BCUT2D eigenvalue weighted by molar-refractivity contribution is 0.145. The summed E-state index contributed by atoms with van der Waals surface area (Å²) in [5, 5.41) is 10.0. The number of aromatic nitrogens is 2. The van der Waals surface area contributed by atoms with Crippen LogP contribution in [-0.2, 0) is 11.3 Å². The number of nitrogens with one attached hydrogen (secondary N) is 2. The maximum absolute atomic E-state index is 11.5. The summed E-state index contributed by atoms with van der Waals surface area (Å²) in [5.74, 6) is 0. The second-order valence-electron chi connectivity index (χ2n) is 4.74. The number of ether oxygens (including phenoxy) is 1. The molecule has 0 atom stereocenters. The van der Waals surface area contributed by atoms with Crippen molar-refractivity contribution in [1.29, 1.82) is 0 Å². The number of nitrogens with zero attached hydrogens (tertiary/aromatic N) is 2. The molecule has 6 nitrogen and oxygen atoms in total. The van der Waals surface area contributed by atoms with Crippen LogP contribution in [0.25, 0.3) is 0 Å². The minimum absolute atomic E-state index is 0.116. The largest absolute Gasteiger partial charge is 0.382 e. The molecule has 0 aliphatic rings. The summed E-state index contributed by atoms with van der Waals surface area (Å²) < 4.78 is 7.16. The second kappa shape index (κ2) is 9.36. The number of carbonyl (C=O) groups excluding carboxylic acids is 1. The summed E-state index contributed by atoms with van der Waals surface area (Å²) in [5.41, 5.74) is 2.19. The van der Waals surface area contributed by atoms with Crippen molar-refractivity contribution in [3.8, 4) is 0 Å². The van der Waals surface area contributed by atoms with E-state index in [9.17, 15) is 4.79 Å². The van der Waals surface area contributed by atoms with Gasteiger partial charge >= 0.3 is 6.03 Å². The van der Waals surface area contributed by atoms with Crippen molar-refractivity contribution in [2.45, 2.75) is 40.2 Å². The van der Waals surface area contributed by atoms with E-state index < -0.39 is 0 Å². The molecule has 1 heterocycles. The molecule has 1 rings (SSSR count). The Morgan fingerprint density at radius 2 is 2.00 bits per heavy atom. The lowest BCUT2D eigenvalue weighted by atomic mass is 10.4. The van der Waals surface area contributed by atoms with E-state index >= 15 is 0 Å². The second-order valence-corrected chi connectivity index (χ2v) is 4.74. The van der Waals surface area contributed by atoms with Gasteiger partial charge in [0.15, 0.2) is 0 Å². The van der Waals surface area contributed by atoms with Gasteiger partial charge in [-0.05, 0) is 39.7 Å². The van der Waals surface area contributed by atoms with Crippen LogP contribution < -0.4 is 10.6 Å². The molecule has 0 saturated heterocycles. The van der Waals surface area contributed by atoms with Crippen molar-refractivity contribution in [2.75, 3.05) is 26.3 Å². The van der Waals surface area contributed by atoms with Gasteiger partial charge in [-0.1, -0.05) is 0 Å². The fourth-order valence-corrected chi connectivity index (χ4v) is 1.92. The number of aryl methyl sites for hydroxylation is 3. The monoisotopic (exact) mass is 282 g/mol. The van der Waals surface area contributed by atoms with Crippen LogP contribution in [-0.4, -0.2) is 42.1 Å². The molecule has 6 heteroatoms. The fourth-order valence-electron chi connectivity index (χ4n) is 1.92. The molecule has 1 aromatic rings. The van der Waals surface area contributed by atoms with Gasteiger partial charge in [-0.15, -0.1) is 0 Å². The highest BCUT2D eigenvalue weighted by Crippen LogP contribution is 2.02. The predicted octanol–water partition coefficient (Wildman–Crippen LogP) is 1.62. The summed E-state index contributed by atoms with van der Waals surface area (Å²) in [4.78, 5) is 11.5. The number of hydrogen-bond donors (Lipinski definition) is 2. The lowest BCUT2D eigenvalue weighted by Crippen LogP contribution is -2.37. The average Bonchev–Trinajstić information content (AvgIpc) is 2.73. The van der Waals surface area contributed by atoms with E-state index in [0.29, 0.717) is 19.7 Å². The molecular weight excluding hydrogens is 256 g/mol. The van der Waals surface area contributed by atoms with Gasteiger partial charge in [0, 0.05) is 38.5 Å². The molecule has 0 fully saturated rings. The normalized spacial score (nSPS) is 10.6. The number of carbonyl (C=O) groups is 1. The van der Waals surface area contributed by atoms with Crippen molar-refractivity contribution in [3.05, 3.63) is 17.5 Å². The number of amides is 2. The van der Waals surface area contributed by atoms with Crippen LogP contribution in [0.4, 0.5) is 4.79 Å². The molecular formula is C14H26N4O2. The van der Waals surface area contributed by atoms with Crippen molar-refractivity contribution < 1.29 is 9.53 Å². The SMILES string of the molecule is CCOCCCNC(=O)NCCCn1nc(C)cc1C. The molecule has 2 amide bonds. The highest BCUT2D eigenvalue weighted by Gasteiger charge is 2.01. The molecule has 0 radical (unpaired) electrons. The Morgan fingerprint density at radius 3 is 2.60 bits per heavy atom. The zero-order chi connectivity index (χ0) is 14.8. The van der Waals surface area contributed by atoms with Gasteiger partial charge < -0.3 is 15.4 Å². The first kappa shape index (κ1) is 16.5. The Bertz CT molecular complexity index is 404. The van der Waals surface area contributed by atoms with E-state index in [1.165, 1.54) is 0 Å². The zero-order valence-electron chi connectivity index (χ0n) is 12.7. The summed E-state index contributed by atoms with van der Waals surface area (Å²) in [6.07, 6.45) is 1.71. The Balaban J connectivity index is 2.03. The third-order valence-electron chi connectivity index (χ3n) is 2.89. The van der Waals surface area contributed by atoms with Crippen LogP contribution in [0.1, 0.15) is 31.2 Å². The Labute approximate surface area is 120 Å². The van der Waals surface area contributed by atoms with Crippen LogP contribution in [0.2, 0.25) is 0 Å². The Kier molecular flexibility index (Phi) is 7.72. The van der Waals surface area contributed by atoms with Crippen LogP contribution in [0.3, 0.4) is 0 Å². The van der Waals surface area contributed by atoms with Crippen LogP contribution in [0.5, 0.6) is 0 Å². The molecule has 20 heavy (non-hydrogen) atoms. The smallest absolute Gasteiger partial charge is 0.314 e. The summed E-state index contributed by atoms with van der Waals surface area (Å²) in [6, 6.07) is 1.94. The van der Waals surface area contributed by atoms with Crippen LogP contribution in [0.15, 0.2) is 6.07 Å². The molecule has 0 bridgehead atoms. The third-order valence-corrected chi connectivity index (χ3v) is 2.89. The van der Waals surface area contributed by atoms with E-state index in [-0.39, 0.29) is 6.03 Å². The summed E-state index contributed by atoms with van der Waals surface area (Å²) in [7, 11) is 0. The molecule has 0 saturated carbocycles. The van der Waals surface area contributed by atoms with E-state index in [1.54, 1.807) is 0 Å². The number of urea groups is 1. The lowest BCUT2D eigenvalue weighted by Gasteiger charge is -2.08. The molecule has 1 aromatic heterocycles. The number of rotatable bonds is 9. The first-order valence-electron chi connectivity index (χ1n) is 7.24. The van der Waals surface area contributed by atoms with Crippen molar-refractivity contribution in [3.63, 3.8) is 0 Å². The predicted molar refractivity (Wildman–Crippen MR) is 78.8 cm³/mol. The summed E-state index contributed by atoms with van der Waals surface area (Å²) in [6.45, 7) is 9.51. The average molecular weight is 282 g/mol. The minimum Gasteiger partial charge on any atom is -0.382 e. The molecule has 114 valence electrons. The molecule has 0 unspecified atom stereocenters. The van der Waals surface area contributed by atoms with Gasteiger partial charge in [0.1, 0.15) is 0 Å². The number of hydrogen-bond acceptors (Lipinski definition) is 3. The minimum atomic E-state index is -0.116. The summed E-state index contributed by atoms with van der Waals surface area (Å²) >= 11 is 0. The van der Waals surface area contributed by atoms with Crippen molar-refractivity contribution >= 4 is 6.03 Å². The molecule has 0 spiro atoms. The van der Waals surface area contributed by atoms with E-state index in [4.69, 9.17) is 4.74 Å². The Morgan fingerprint density at radius 1 is 1.30 bits per heavy atom. The maximum atomic E-state index is 11.5. The van der Waals surface area contributed by atoms with E-state index in [1.807, 2.05) is 25.5 Å². The molecule has 2 N–H and O–H groups in total. The fraction of sp³-hybridized carbons (Fsp3) is 0.714. The van der Waals surface area contributed by atoms with Gasteiger partial charge in [0.2, 0.25) is 0 Å². The van der Waals surface area contributed by atoms with Crippen LogP contribution >= 0.6 is 0 Å². The van der Waals surface area contributed by atoms with Gasteiger partial charge in [0.25, 0.3) is 0 Å². The topological polar surface area (TPSA) is 68.2 Å². The molecule has 0 aromatic carbocycles. The quantitative estimate of drug-likeness (QED) is 0.676. The highest BCUT2D eigenvalue weighted by molar-refractivity contribution is 5.73. The Hall–Kier alpha value is -1.56. The van der Waals surface area contributed by atoms with Gasteiger partial charge in [-0.25, -0.2) is 4.79 Å². The molecule has 0 aliphatic heterocycles. The maximum Gasteiger partial charge on any atom is 0.314 e. The van der Waals surface area contributed by atoms with E-state index in [0.717, 1.165) is 37.4 Å².